The second kappa shape index (κ2) is 7.14. The maximum absolute atomic E-state index is 11.7. The van der Waals surface area contributed by atoms with Gasteiger partial charge in [-0.3, -0.25) is 4.79 Å². The van der Waals surface area contributed by atoms with Crippen LogP contribution in [0.4, 0.5) is 0 Å². The number of hydrogen-bond donors (Lipinski definition) is 2. The van der Waals surface area contributed by atoms with Crippen LogP contribution in [-0.2, 0) is 17.8 Å². The lowest BCUT2D eigenvalue weighted by Gasteiger charge is -2.16. The lowest BCUT2D eigenvalue weighted by Crippen LogP contribution is -2.33. The average molecular weight is 304 g/mol. The molecule has 4 heteroatoms. The van der Waals surface area contributed by atoms with Crippen molar-refractivity contribution in [2.75, 3.05) is 6.54 Å². The van der Waals surface area contributed by atoms with Crippen LogP contribution < -0.4 is 15.4 Å². The summed E-state index contributed by atoms with van der Waals surface area (Å²) in [6, 6.07) is 6.60. The second-order valence-corrected chi connectivity index (χ2v) is 6.78. The van der Waals surface area contributed by atoms with Gasteiger partial charge in [-0.2, -0.15) is 0 Å². The minimum absolute atomic E-state index is 0.0948. The average Bonchev–Trinajstić information content (AvgIpc) is 2.76. The normalized spacial score (nSPS) is 16.7. The molecule has 1 atom stereocenters. The molecule has 1 aliphatic heterocycles. The summed E-state index contributed by atoms with van der Waals surface area (Å²) in [6.45, 7) is 9.80. The maximum atomic E-state index is 11.7. The predicted molar refractivity (Wildman–Crippen MR) is 89.1 cm³/mol. The fourth-order valence-corrected chi connectivity index (χ4v) is 2.66. The van der Waals surface area contributed by atoms with Crippen molar-refractivity contribution in [1.29, 1.82) is 0 Å². The molecule has 1 amide bonds. The molecule has 1 unspecified atom stereocenters. The van der Waals surface area contributed by atoms with Crippen molar-refractivity contribution < 1.29 is 9.53 Å². The number of nitrogens with one attached hydrogen (secondary N) is 2. The third-order valence-corrected chi connectivity index (χ3v) is 4.01. The van der Waals surface area contributed by atoms with Crippen molar-refractivity contribution in [3.05, 3.63) is 29.3 Å². The number of carbonyl (C=O) groups is 1. The van der Waals surface area contributed by atoms with Crippen molar-refractivity contribution in [3.63, 3.8) is 0 Å². The number of rotatable bonds is 7. The van der Waals surface area contributed by atoms with E-state index in [2.05, 4.69) is 49.6 Å². The maximum Gasteiger partial charge on any atom is 0.221 e. The first-order chi connectivity index (χ1) is 10.4. The third kappa shape index (κ3) is 4.73. The van der Waals surface area contributed by atoms with Gasteiger partial charge in [-0.1, -0.05) is 19.1 Å². The van der Waals surface area contributed by atoms with Gasteiger partial charge >= 0.3 is 0 Å². The van der Waals surface area contributed by atoms with Crippen molar-refractivity contribution in [1.82, 2.24) is 10.6 Å². The number of hydrogen-bond acceptors (Lipinski definition) is 3. The molecule has 22 heavy (non-hydrogen) atoms. The zero-order chi connectivity index (χ0) is 16.2. The first-order valence-electron chi connectivity index (χ1n) is 8.20. The van der Waals surface area contributed by atoms with Gasteiger partial charge in [0.1, 0.15) is 11.4 Å². The Bertz CT molecular complexity index is 526. The van der Waals surface area contributed by atoms with Crippen LogP contribution in [0.2, 0.25) is 0 Å². The molecule has 0 fully saturated rings. The highest BCUT2D eigenvalue weighted by molar-refractivity contribution is 5.76. The van der Waals surface area contributed by atoms with E-state index < -0.39 is 0 Å². The van der Waals surface area contributed by atoms with Crippen LogP contribution in [-0.4, -0.2) is 24.1 Å². The number of carbonyl (C=O) groups excluding carboxylic acids is 1. The molecule has 0 radical (unpaired) electrons. The molecular weight excluding hydrogens is 276 g/mol. The van der Waals surface area contributed by atoms with E-state index in [-0.39, 0.29) is 17.6 Å². The van der Waals surface area contributed by atoms with E-state index in [4.69, 9.17) is 4.74 Å². The van der Waals surface area contributed by atoms with E-state index in [0.29, 0.717) is 13.0 Å². The molecule has 2 N–H and O–H groups in total. The predicted octanol–water partition coefficient (Wildman–Crippen LogP) is 2.79. The van der Waals surface area contributed by atoms with Gasteiger partial charge < -0.3 is 15.4 Å². The van der Waals surface area contributed by atoms with Crippen LogP contribution in [0.1, 0.15) is 51.7 Å². The summed E-state index contributed by atoms with van der Waals surface area (Å²) < 4.78 is 5.88. The number of fused-ring (bicyclic) bond motifs is 1. The summed E-state index contributed by atoms with van der Waals surface area (Å²) in [7, 11) is 0. The third-order valence-electron chi connectivity index (χ3n) is 4.01. The van der Waals surface area contributed by atoms with Crippen LogP contribution in [0.25, 0.3) is 0 Å². The Hall–Kier alpha value is -1.55. The Morgan fingerprint density at radius 1 is 1.41 bits per heavy atom. The minimum Gasteiger partial charge on any atom is -0.487 e. The van der Waals surface area contributed by atoms with Crippen molar-refractivity contribution >= 4 is 5.91 Å². The van der Waals surface area contributed by atoms with Gasteiger partial charge in [0.2, 0.25) is 5.91 Å². The molecule has 1 aromatic rings. The largest absolute Gasteiger partial charge is 0.487 e. The summed E-state index contributed by atoms with van der Waals surface area (Å²) in [6.07, 6.45) is 2.44. The van der Waals surface area contributed by atoms with Crippen LogP contribution in [0.5, 0.6) is 5.75 Å². The van der Waals surface area contributed by atoms with E-state index in [1.807, 2.05) is 6.92 Å². The molecule has 122 valence electrons. The van der Waals surface area contributed by atoms with Crippen molar-refractivity contribution in [3.8, 4) is 5.75 Å². The lowest BCUT2D eigenvalue weighted by molar-refractivity contribution is -0.121. The quantitative estimate of drug-likeness (QED) is 0.762. The van der Waals surface area contributed by atoms with E-state index in [1.54, 1.807) is 0 Å². The topological polar surface area (TPSA) is 50.4 Å². The number of benzene rings is 1. The van der Waals surface area contributed by atoms with E-state index in [0.717, 1.165) is 25.1 Å². The molecule has 0 aliphatic carbocycles. The molecule has 4 nitrogen and oxygen atoms in total. The summed E-state index contributed by atoms with van der Waals surface area (Å²) in [5.41, 5.74) is 2.42. The Balaban J connectivity index is 1.74. The van der Waals surface area contributed by atoms with E-state index in [9.17, 15) is 4.79 Å². The van der Waals surface area contributed by atoms with Gasteiger partial charge in [0.25, 0.3) is 0 Å². The molecule has 1 aromatic carbocycles. The summed E-state index contributed by atoms with van der Waals surface area (Å²) in [4.78, 5) is 11.7. The Morgan fingerprint density at radius 2 is 2.18 bits per heavy atom. The van der Waals surface area contributed by atoms with Gasteiger partial charge in [0.05, 0.1) is 0 Å². The molecule has 0 spiro atoms. The number of ether oxygens (including phenoxy) is 1. The summed E-state index contributed by atoms with van der Waals surface area (Å²) in [5, 5.41) is 6.31. The molecule has 1 heterocycles. The monoisotopic (exact) mass is 304 g/mol. The molecular formula is C18H28N2O2. The van der Waals surface area contributed by atoms with E-state index >= 15 is 0 Å². The van der Waals surface area contributed by atoms with Crippen molar-refractivity contribution in [2.45, 2.75) is 65.1 Å². The van der Waals surface area contributed by atoms with Gasteiger partial charge in [-0.25, -0.2) is 0 Å². The van der Waals surface area contributed by atoms with Crippen LogP contribution >= 0.6 is 0 Å². The first kappa shape index (κ1) is 16.8. The molecule has 0 saturated heterocycles. The SMILES string of the molecule is CCC(C)NC(=O)CCNCc1ccc2c(c1)CC(C)(C)O2. The zero-order valence-corrected chi connectivity index (χ0v) is 14.2. The van der Waals surface area contributed by atoms with Gasteiger partial charge in [0.15, 0.2) is 0 Å². The van der Waals surface area contributed by atoms with Gasteiger partial charge in [0, 0.05) is 32.0 Å². The van der Waals surface area contributed by atoms with Crippen molar-refractivity contribution in [2.24, 2.45) is 0 Å². The zero-order valence-electron chi connectivity index (χ0n) is 14.2. The minimum atomic E-state index is -0.0948. The summed E-state index contributed by atoms with van der Waals surface area (Å²) in [5.74, 6) is 1.12. The van der Waals surface area contributed by atoms with Crippen LogP contribution in [0.15, 0.2) is 18.2 Å². The Labute approximate surface area is 133 Å². The highest BCUT2D eigenvalue weighted by Crippen LogP contribution is 2.35. The standard InChI is InChI=1S/C18H28N2O2/c1-5-13(2)20-17(21)8-9-19-12-14-6-7-16-15(10-14)11-18(3,4)22-16/h6-7,10,13,19H,5,8-9,11-12H2,1-4H3,(H,20,21). The Morgan fingerprint density at radius 3 is 2.91 bits per heavy atom. The lowest BCUT2D eigenvalue weighted by atomic mass is 10.0. The highest BCUT2D eigenvalue weighted by atomic mass is 16.5. The molecule has 0 bridgehead atoms. The molecule has 2 rings (SSSR count). The van der Waals surface area contributed by atoms with Gasteiger partial charge in [-0.15, -0.1) is 0 Å². The molecule has 1 aliphatic rings. The van der Waals surface area contributed by atoms with Gasteiger partial charge in [-0.05, 0) is 44.4 Å². The smallest absolute Gasteiger partial charge is 0.221 e. The highest BCUT2D eigenvalue weighted by Gasteiger charge is 2.29. The number of amides is 1. The first-order valence-corrected chi connectivity index (χ1v) is 8.20. The van der Waals surface area contributed by atoms with E-state index in [1.165, 1.54) is 11.1 Å². The molecule has 0 saturated carbocycles. The second-order valence-electron chi connectivity index (χ2n) is 6.78. The Kier molecular flexibility index (Phi) is 5.46. The fraction of sp³-hybridized carbons (Fsp3) is 0.611. The fourth-order valence-electron chi connectivity index (χ4n) is 2.66. The summed E-state index contributed by atoms with van der Waals surface area (Å²) >= 11 is 0. The van der Waals surface area contributed by atoms with Crippen LogP contribution in [0, 0.1) is 0 Å². The molecule has 0 aromatic heterocycles. The van der Waals surface area contributed by atoms with Crippen LogP contribution in [0.3, 0.4) is 0 Å².